The van der Waals surface area contributed by atoms with Gasteiger partial charge in [0.05, 0.1) is 35.0 Å². The minimum atomic E-state index is -4.03. The Kier molecular flexibility index (Phi) is 6.26. The standard InChI is InChI=1S/C16H17N3O6S/c17-14-6-5-13(10-15(14)25-7-2-8-26(22,23)24)19-18-12-4-1-3-11(9-12)16(20)21/h1,3-6,9-10H,2,7-8,17H2,(H,20,21)(H,22,23,24). The number of nitrogens with zero attached hydrogens (tertiary/aromatic N) is 2. The van der Waals surface area contributed by atoms with Gasteiger partial charge in [0.15, 0.2) is 0 Å². The molecule has 0 heterocycles. The summed E-state index contributed by atoms with van der Waals surface area (Å²) in [4.78, 5) is 10.9. The fraction of sp³-hybridized carbons (Fsp3) is 0.188. The van der Waals surface area contributed by atoms with Crippen LogP contribution in [-0.4, -0.2) is 36.4 Å². The molecule has 0 fully saturated rings. The molecule has 0 amide bonds. The predicted octanol–water partition coefficient (Wildman–Crippen LogP) is 3.04. The molecule has 0 bridgehead atoms. The molecule has 0 saturated heterocycles. The van der Waals surface area contributed by atoms with Crippen molar-refractivity contribution in [2.24, 2.45) is 10.2 Å². The molecule has 10 heteroatoms. The first-order chi connectivity index (χ1) is 12.2. The average Bonchev–Trinajstić information content (AvgIpc) is 2.58. The van der Waals surface area contributed by atoms with E-state index in [9.17, 15) is 13.2 Å². The maximum atomic E-state index is 10.9. The number of hydrogen-bond acceptors (Lipinski definition) is 7. The van der Waals surface area contributed by atoms with Crippen molar-refractivity contribution in [1.29, 1.82) is 0 Å². The third-order valence-corrected chi connectivity index (χ3v) is 3.98. The molecule has 0 saturated carbocycles. The fourth-order valence-corrected chi connectivity index (χ4v) is 2.43. The quantitative estimate of drug-likeness (QED) is 0.276. The van der Waals surface area contributed by atoms with E-state index in [2.05, 4.69) is 10.2 Å². The van der Waals surface area contributed by atoms with Crippen LogP contribution in [0.15, 0.2) is 52.7 Å². The van der Waals surface area contributed by atoms with E-state index in [1.807, 2.05) is 0 Å². The van der Waals surface area contributed by atoms with Crippen molar-refractivity contribution in [3.63, 3.8) is 0 Å². The van der Waals surface area contributed by atoms with Gasteiger partial charge in [-0.05, 0) is 36.8 Å². The van der Waals surface area contributed by atoms with E-state index in [1.54, 1.807) is 24.3 Å². The van der Waals surface area contributed by atoms with Gasteiger partial charge in [-0.3, -0.25) is 4.55 Å². The first-order valence-electron chi connectivity index (χ1n) is 7.47. The van der Waals surface area contributed by atoms with E-state index in [4.69, 9.17) is 20.1 Å². The summed E-state index contributed by atoms with van der Waals surface area (Å²) < 4.78 is 35.4. The first kappa shape index (κ1) is 19.3. The van der Waals surface area contributed by atoms with Gasteiger partial charge in [-0.15, -0.1) is 0 Å². The summed E-state index contributed by atoms with van der Waals surface area (Å²) in [7, 11) is -4.03. The summed E-state index contributed by atoms with van der Waals surface area (Å²) in [5.74, 6) is -1.17. The average molecular weight is 379 g/mol. The zero-order valence-electron chi connectivity index (χ0n) is 13.6. The number of hydrogen-bond donors (Lipinski definition) is 3. The number of nitrogen functional groups attached to an aromatic ring is 1. The van der Waals surface area contributed by atoms with Gasteiger partial charge in [0.25, 0.3) is 10.1 Å². The van der Waals surface area contributed by atoms with Gasteiger partial charge in [0, 0.05) is 6.07 Å². The van der Waals surface area contributed by atoms with Crippen LogP contribution in [0.4, 0.5) is 17.1 Å². The minimum absolute atomic E-state index is 0.0469. The van der Waals surface area contributed by atoms with Crippen LogP contribution in [0.1, 0.15) is 16.8 Å². The molecule has 0 radical (unpaired) electrons. The van der Waals surface area contributed by atoms with Crippen molar-refractivity contribution in [2.75, 3.05) is 18.1 Å². The maximum absolute atomic E-state index is 10.9. The Morgan fingerprint density at radius 3 is 2.46 bits per heavy atom. The third kappa shape index (κ3) is 6.15. The third-order valence-electron chi connectivity index (χ3n) is 3.18. The summed E-state index contributed by atoms with van der Waals surface area (Å²) in [6.07, 6.45) is 0.103. The molecule has 0 aliphatic rings. The Bertz CT molecular complexity index is 927. The van der Waals surface area contributed by atoms with Crippen LogP contribution in [0.3, 0.4) is 0 Å². The van der Waals surface area contributed by atoms with Crippen molar-refractivity contribution in [3.8, 4) is 5.75 Å². The number of rotatable bonds is 8. The number of carbonyl (C=O) groups is 1. The van der Waals surface area contributed by atoms with E-state index in [-0.39, 0.29) is 18.6 Å². The molecule has 2 aromatic carbocycles. The van der Waals surface area contributed by atoms with E-state index < -0.39 is 21.8 Å². The monoisotopic (exact) mass is 379 g/mol. The van der Waals surface area contributed by atoms with Gasteiger partial charge < -0.3 is 15.6 Å². The lowest BCUT2D eigenvalue weighted by molar-refractivity contribution is 0.0697. The molecule has 4 N–H and O–H groups in total. The highest BCUT2D eigenvalue weighted by Gasteiger charge is 2.07. The van der Waals surface area contributed by atoms with Crippen molar-refractivity contribution in [1.82, 2.24) is 0 Å². The van der Waals surface area contributed by atoms with Gasteiger partial charge in [-0.1, -0.05) is 6.07 Å². The van der Waals surface area contributed by atoms with Crippen LogP contribution in [0.2, 0.25) is 0 Å². The summed E-state index contributed by atoms with van der Waals surface area (Å²) in [5, 5.41) is 16.9. The molecule has 0 aromatic heterocycles. The van der Waals surface area contributed by atoms with Crippen LogP contribution >= 0.6 is 0 Å². The Labute approximate surface area is 149 Å². The number of ether oxygens (including phenoxy) is 1. The maximum Gasteiger partial charge on any atom is 0.335 e. The largest absolute Gasteiger partial charge is 0.491 e. The Morgan fingerprint density at radius 1 is 1.12 bits per heavy atom. The number of aromatic carboxylic acids is 1. The first-order valence-corrected chi connectivity index (χ1v) is 9.08. The number of carboxylic acid groups (broad SMARTS) is 1. The SMILES string of the molecule is Nc1ccc(N=Nc2cccc(C(=O)O)c2)cc1OCCCS(=O)(=O)O. The predicted molar refractivity (Wildman–Crippen MR) is 95.0 cm³/mol. The number of azo groups is 1. The second kappa shape index (κ2) is 8.41. The molecule has 2 rings (SSSR count). The van der Waals surface area contributed by atoms with Crippen molar-refractivity contribution in [2.45, 2.75) is 6.42 Å². The van der Waals surface area contributed by atoms with E-state index in [0.717, 1.165) is 0 Å². The molecule has 0 aliphatic heterocycles. The Balaban J connectivity index is 2.06. The van der Waals surface area contributed by atoms with Crippen LogP contribution in [0.25, 0.3) is 0 Å². The number of carboxylic acids is 1. The Morgan fingerprint density at radius 2 is 1.81 bits per heavy atom. The summed E-state index contributed by atoms with van der Waals surface area (Å²) in [5.41, 5.74) is 7.02. The van der Waals surface area contributed by atoms with Gasteiger partial charge in [-0.2, -0.15) is 18.6 Å². The van der Waals surface area contributed by atoms with Crippen LogP contribution in [0, 0.1) is 0 Å². The molecule has 26 heavy (non-hydrogen) atoms. The van der Waals surface area contributed by atoms with Gasteiger partial charge in [-0.25, -0.2) is 4.79 Å². The second-order valence-corrected chi connectivity index (χ2v) is 6.84. The molecule has 0 unspecified atom stereocenters. The van der Waals surface area contributed by atoms with Crippen LogP contribution in [0.5, 0.6) is 5.75 Å². The van der Waals surface area contributed by atoms with E-state index in [0.29, 0.717) is 22.8 Å². The fourth-order valence-electron chi connectivity index (χ4n) is 1.95. The van der Waals surface area contributed by atoms with Crippen molar-refractivity contribution < 1.29 is 27.6 Å². The van der Waals surface area contributed by atoms with E-state index >= 15 is 0 Å². The molecule has 0 aliphatic carbocycles. The van der Waals surface area contributed by atoms with Crippen LogP contribution < -0.4 is 10.5 Å². The smallest absolute Gasteiger partial charge is 0.335 e. The zero-order chi connectivity index (χ0) is 19.2. The lowest BCUT2D eigenvalue weighted by Gasteiger charge is -2.08. The summed E-state index contributed by atoms with van der Waals surface area (Å²) in [6, 6.07) is 10.7. The number of nitrogens with two attached hydrogens (primary N) is 1. The van der Waals surface area contributed by atoms with Gasteiger partial charge in [0.1, 0.15) is 5.75 Å². The minimum Gasteiger partial charge on any atom is -0.491 e. The van der Waals surface area contributed by atoms with E-state index in [1.165, 1.54) is 18.2 Å². The molecule has 2 aromatic rings. The molecule has 0 spiro atoms. The molecular formula is C16H17N3O6S. The lowest BCUT2D eigenvalue weighted by Crippen LogP contribution is -2.09. The topological polar surface area (TPSA) is 152 Å². The van der Waals surface area contributed by atoms with Gasteiger partial charge in [0.2, 0.25) is 0 Å². The zero-order valence-corrected chi connectivity index (χ0v) is 14.4. The molecular weight excluding hydrogens is 362 g/mol. The number of anilines is 1. The van der Waals surface area contributed by atoms with Gasteiger partial charge >= 0.3 is 5.97 Å². The van der Waals surface area contributed by atoms with Crippen LogP contribution in [-0.2, 0) is 10.1 Å². The summed E-state index contributed by atoms with van der Waals surface area (Å²) in [6.45, 7) is 0.0469. The van der Waals surface area contributed by atoms with Crippen molar-refractivity contribution >= 4 is 33.1 Å². The number of benzene rings is 2. The molecule has 9 nitrogen and oxygen atoms in total. The highest BCUT2D eigenvalue weighted by atomic mass is 32.2. The summed E-state index contributed by atoms with van der Waals surface area (Å²) >= 11 is 0. The normalized spacial score (nSPS) is 11.6. The molecule has 0 atom stereocenters. The Hall–Kier alpha value is -2.98. The lowest BCUT2D eigenvalue weighted by atomic mass is 10.2. The highest BCUT2D eigenvalue weighted by molar-refractivity contribution is 7.85. The molecule has 138 valence electrons. The second-order valence-electron chi connectivity index (χ2n) is 5.27. The highest BCUT2D eigenvalue weighted by Crippen LogP contribution is 2.28. The van der Waals surface area contributed by atoms with Crippen molar-refractivity contribution in [3.05, 3.63) is 48.0 Å².